The Bertz CT molecular complexity index is 640. The van der Waals surface area contributed by atoms with Crippen molar-refractivity contribution in [2.24, 2.45) is 0 Å². The van der Waals surface area contributed by atoms with Crippen LogP contribution in [0.15, 0.2) is 27.7 Å². The predicted octanol–water partition coefficient (Wildman–Crippen LogP) is 1.23. The first-order valence-corrected chi connectivity index (χ1v) is 6.28. The molecule has 0 radical (unpaired) electrons. The minimum Gasteiger partial charge on any atom is -0.314 e. The summed E-state index contributed by atoms with van der Waals surface area (Å²) in [5.74, 6) is 0.329. The topological polar surface area (TPSA) is 98.0 Å². The molecule has 0 aromatic carbocycles. The lowest BCUT2D eigenvalue weighted by molar-refractivity contribution is 0.429. The quantitative estimate of drug-likeness (QED) is 0.845. The molecule has 0 bridgehead atoms. The first-order valence-electron chi connectivity index (χ1n) is 4.42. The molecule has 0 saturated heterocycles. The molecule has 2 aromatic rings. The van der Waals surface area contributed by atoms with Crippen LogP contribution in [0.5, 0.6) is 0 Å². The van der Waals surface area contributed by atoms with Crippen molar-refractivity contribution in [3.05, 3.63) is 29.3 Å². The highest BCUT2D eigenvalue weighted by atomic mass is 35.5. The van der Waals surface area contributed by atoms with Gasteiger partial charge in [0.25, 0.3) is 10.0 Å². The normalized spacial score (nSPS) is 11.4. The van der Waals surface area contributed by atoms with Gasteiger partial charge >= 0.3 is 6.01 Å². The second-order valence-electron chi connectivity index (χ2n) is 3.07. The minimum absolute atomic E-state index is 0.0339. The smallest absolute Gasteiger partial charge is 0.314 e. The summed E-state index contributed by atoms with van der Waals surface area (Å²) in [4.78, 5) is 7.38. The summed E-state index contributed by atoms with van der Waals surface area (Å²) < 4.78 is 30.5. The van der Waals surface area contributed by atoms with Gasteiger partial charge in [-0.3, -0.25) is 0 Å². The van der Waals surface area contributed by atoms with E-state index in [2.05, 4.69) is 24.4 Å². The number of aryl methyl sites for hydroxylation is 1. The Hall–Kier alpha value is -1.67. The number of anilines is 1. The number of pyridine rings is 1. The number of aromatic nitrogens is 3. The fourth-order valence-corrected chi connectivity index (χ4v) is 2.24. The minimum atomic E-state index is -3.79. The van der Waals surface area contributed by atoms with E-state index in [1.165, 1.54) is 18.3 Å². The molecule has 0 aliphatic heterocycles. The molecule has 0 saturated carbocycles. The van der Waals surface area contributed by atoms with Crippen LogP contribution in [-0.4, -0.2) is 23.5 Å². The SMILES string of the molecule is Cc1noc(NS(=O)(=O)c2ccnc(Cl)c2)n1. The van der Waals surface area contributed by atoms with Crippen molar-refractivity contribution < 1.29 is 12.9 Å². The van der Waals surface area contributed by atoms with Crippen LogP contribution in [-0.2, 0) is 10.0 Å². The Balaban J connectivity index is 2.31. The summed E-state index contributed by atoms with van der Waals surface area (Å²) in [6, 6.07) is 2.32. The number of nitrogens with zero attached hydrogens (tertiary/aromatic N) is 3. The molecule has 2 rings (SSSR count). The first-order chi connectivity index (χ1) is 7.97. The lowest BCUT2D eigenvalue weighted by atomic mass is 10.5. The number of nitrogens with one attached hydrogen (secondary N) is 1. The largest absolute Gasteiger partial charge is 0.335 e. The molecular weight excluding hydrogens is 268 g/mol. The van der Waals surface area contributed by atoms with Crippen molar-refractivity contribution in [3.8, 4) is 0 Å². The number of rotatable bonds is 3. The lowest BCUT2D eigenvalue weighted by Gasteiger charge is -2.03. The molecule has 0 aliphatic carbocycles. The molecule has 9 heteroatoms. The fourth-order valence-electron chi connectivity index (χ4n) is 1.06. The second kappa shape index (κ2) is 4.30. The van der Waals surface area contributed by atoms with E-state index in [4.69, 9.17) is 11.6 Å². The summed E-state index contributed by atoms with van der Waals surface area (Å²) in [6.07, 6.45) is 1.29. The molecule has 0 atom stereocenters. The van der Waals surface area contributed by atoms with Gasteiger partial charge in [-0.2, -0.15) is 4.98 Å². The van der Waals surface area contributed by atoms with E-state index in [9.17, 15) is 8.42 Å². The molecular formula is C8H7ClN4O3S. The van der Waals surface area contributed by atoms with Crippen LogP contribution >= 0.6 is 11.6 Å². The van der Waals surface area contributed by atoms with Gasteiger partial charge in [0.1, 0.15) is 5.15 Å². The zero-order chi connectivity index (χ0) is 12.5. The maximum absolute atomic E-state index is 11.8. The fraction of sp³-hybridized carbons (Fsp3) is 0.125. The van der Waals surface area contributed by atoms with Gasteiger partial charge in [-0.05, 0) is 19.1 Å². The third-order valence-corrected chi connectivity index (χ3v) is 3.28. The van der Waals surface area contributed by atoms with Crippen LogP contribution in [0.3, 0.4) is 0 Å². The summed E-state index contributed by atoms with van der Waals surface area (Å²) in [6.45, 7) is 1.57. The Morgan fingerprint density at radius 1 is 1.47 bits per heavy atom. The van der Waals surface area contributed by atoms with Crippen molar-refractivity contribution in [1.29, 1.82) is 0 Å². The summed E-state index contributed by atoms with van der Waals surface area (Å²) in [5.41, 5.74) is 0. The van der Waals surface area contributed by atoms with E-state index in [0.29, 0.717) is 5.82 Å². The van der Waals surface area contributed by atoms with Gasteiger partial charge in [0, 0.05) is 6.20 Å². The summed E-state index contributed by atoms with van der Waals surface area (Å²) in [7, 11) is -3.79. The van der Waals surface area contributed by atoms with Gasteiger partial charge < -0.3 is 4.52 Å². The van der Waals surface area contributed by atoms with E-state index >= 15 is 0 Å². The zero-order valence-corrected chi connectivity index (χ0v) is 10.2. The highest BCUT2D eigenvalue weighted by molar-refractivity contribution is 7.92. The average molecular weight is 275 g/mol. The number of halogens is 1. The first kappa shape index (κ1) is 11.8. The molecule has 2 heterocycles. The van der Waals surface area contributed by atoms with E-state index in [1.807, 2.05) is 0 Å². The van der Waals surface area contributed by atoms with Crippen molar-refractivity contribution in [1.82, 2.24) is 15.1 Å². The Labute approximate surface area is 102 Å². The van der Waals surface area contributed by atoms with Crippen LogP contribution < -0.4 is 4.72 Å². The molecule has 1 N–H and O–H groups in total. The zero-order valence-electron chi connectivity index (χ0n) is 8.58. The van der Waals surface area contributed by atoms with Gasteiger partial charge in [0.2, 0.25) is 0 Å². The van der Waals surface area contributed by atoms with Crippen LogP contribution in [0, 0.1) is 6.92 Å². The molecule has 90 valence electrons. The Kier molecular flexibility index (Phi) is 2.99. The van der Waals surface area contributed by atoms with E-state index in [1.54, 1.807) is 6.92 Å². The highest BCUT2D eigenvalue weighted by Gasteiger charge is 2.17. The van der Waals surface area contributed by atoms with Crippen molar-refractivity contribution in [2.45, 2.75) is 11.8 Å². The predicted molar refractivity (Wildman–Crippen MR) is 59.1 cm³/mol. The molecule has 0 aliphatic rings. The van der Waals surface area contributed by atoms with Gasteiger partial charge in [-0.15, -0.1) is 0 Å². The van der Waals surface area contributed by atoms with Crippen LogP contribution in [0.25, 0.3) is 0 Å². The number of hydrogen-bond acceptors (Lipinski definition) is 6. The Morgan fingerprint density at radius 2 is 2.24 bits per heavy atom. The van der Waals surface area contributed by atoms with E-state index < -0.39 is 10.0 Å². The maximum atomic E-state index is 11.8. The van der Waals surface area contributed by atoms with Crippen molar-refractivity contribution in [3.63, 3.8) is 0 Å². The van der Waals surface area contributed by atoms with Gasteiger partial charge in [0.05, 0.1) is 4.90 Å². The average Bonchev–Trinajstić information content (AvgIpc) is 2.63. The highest BCUT2D eigenvalue weighted by Crippen LogP contribution is 2.16. The van der Waals surface area contributed by atoms with Crippen LogP contribution in [0.4, 0.5) is 6.01 Å². The van der Waals surface area contributed by atoms with Crippen molar-refractivity contribution in [2.75, 3.05) is 4.72 Å². The van der Waals surface area contributed by atoms with Crippen LogP contribution in [0.1, 0.15) is 5.82 Å². The lowest BCUT2D eigenvalue weighted by Crippen LogP contribution is -2.13. The van der Waals surface area contributed by atoms with Gasteiger partial charge in [-0.1, -0.05) is 16.8 Å². The molecule has 7 nitrogen and oxygen atoms in total. The molecule has 0 unspecified atom stereocenters. The van der Waals surface area contributed by atoms with Gasteiger partial charge in [0.15, 0.2) is 5.82 Å². The van der Waals surface area contributed by atoms with Gasteiger partial charge in [-0.25, -0.2) is 18.1 Å². The summed E-state index contributed by atoms with van der Waals surface area (Å²) >= 11 is 5.60. The molecule has 2 aromatic heterocycles. The maximum Gasteiger partial charge on any atom is 0.335 e. The molecule has 17 heavy (non-hydrogen) atoms. The Morgan fingerprint density at radius 3 is 2.82 bits per heavy atom. The molecule has 0 amide bonds. The standard InChI is InChI=1S/C8H7ClN4O3S/c1-5-11-8(16-12-5)13-17(14,15)6-2-3-10-7(9)4-6/h2-4H,1H3,(H,11,12,13). The molecule has 0 fully saturated rings. The number of hydrogen-bond donors (Lipinski definition) is 1. The summed E-state index contributed by atoms with van der Waals surface area (Å²) in [5, 5.41) is 3.54. The van der Waals surface area contributed by atoms with E-state index in [-0.39, 0.29) is 16.1 Å². The molecule has 0 spiro atoms. The van der Waals surface area contributed by atoms with Crippen LogP contribution in [0.2, 0.25) is 5.15 Å². The third kappa shape index (κ3) is 2.71. The van der Waals surface area contributed by atoms with Crippen molar-refractivity contribution >= 4 is 27.6 Å². The monoisotopic (exact) mass is 274 g/mol. The van der Waals surface area contributed by atoms with E-state index in [0.717, 1.165) is 0 Å². The number of sulfonamides is 1. The third-order valence-electron chi connectivity index (χ3n) is 1.76. The second-order valence-corrected chi connectivity index (χ2v) is 5.14.